The summed E-state index contributed by atoms with van der Waals surface area (Å²) in [5.74, 6) is 0.801. The van der Waals surface area contributed by atoms with Crippen LogP contribution in [-0.2, 0) is 17.9 Å². The van der Waals surface area contributed by atoms with Crippen LogP contribution in [0.1, 0.15) is 29.0 Å². The minimum absolute atomic E-state index is 0.0829. The van der Waals surface area contributed by atoms with Gasteiger partial charge in [-0.3, -0.25) is 4.79 Å². The molecule has 0 aromatic heterocycles. The molecule has 2 aliphatic heterocycles. The Labute approximate surface area is 131 Å². The molecule has 0 aliphatic carbocycles. The summed E-state index contributed by atoms with van der Waals surface area (Å²) in [4.78, 5) is 14.8. The summed E-state index contributed by atoms with van der Waals surface area (Å²) >= 11 is 0. The van der Waals surface area contributed by atoms with E-state index in [9.17, 15) is 4.79 Å². The Balaban J connectivity index is 1.43. The molecule has 2 atom stereocenters. The molecule has 2 aromatic carbocycles. The first-order valence-corrected chi connectivity index (χ1v) is 8.05. The second kappa shape index (κ2) is 5.58. The highest BCUT2D eigenvalue weighted by molar-refractivity contribution is 5.81. The molecule has 2 N–H and O–H groups in total. The molecule has 112 valence electrons. The van der Waals surface area contributed by atoms with Gasteiger partial charge in [-0.1, -0.05) is 54.6 Å². The van der Waals surface area contributed by atoms with E-state index in [4.69, 9.17) is 0 Å². The standard InChI is InChI=1S/C19H20N2O/c22-19(21-12-15-8-4-5-9-16(15)13-21)18-10-17(11-20-18)14-6-2-1-3-7-14/h1-9,17-18,20H,10-13H2/p+1/t17-,18-/m1/s1. The predicted octanol–water partition coefficient (Wildman–Crippen LogP) is 1.65. The van der Waals surface area contributed by atoms with E-state index >= 15 is 0 Å². The maximum absolute atomic E-state index is 12.8. The minimum atomic E-state index is 0.0829. The molecule has 1 saturated heterocycles. The van der Waals surface area contributed by atoms with E-state index in [2.05, 4.69) is 53.8 Å². The molecule has 2 heterocycles. The number of rotatable bonds is 2. The van der Waals surface area contributed by atoms with Crippen LogP contribution in [0.2, 0.25) is 0 Å². The molecule has 4 rings (SSSR count). The third kappa shape index (κ3) is 2.42. The van der Waals surface area contributed by atoms with Crippen LogP contribution in [0.3, 0.4) is 0 Å². The lowest BCUT2D eigenvalue weighted by molar-refractivity contribution is -0.659. The lowest BCUT2D eigenvalue weighted by Gasteiger charge is -2.18. The third-order valence-electron chi connectivity index (χ3n) is 4.98. The summed E-state index contributed by atoms with van der Waals surface area (Å²) in [5.41, 5.74) is 3.96. The average molecular weight is 293 g/mol. The Morgan fingerprint density at radius 2 is 1.59 bits per heavy atom. The first-order valence-electron chi connectivity index (χ1n) is 8.05. The SMILES string of the molecule is O=C([C@H]1C[C@@H](c2ccccc2)C[NH2+]1)N1Cc2ccccc2C1. The van der Waals surface area contributed by atoms with Crippen molar-refractivity contribution in [3.8, 4) is 0 Å². The second-order valence-electron chi connectivity index (χ2n) is 6.38. The fourth-order valence-corrected chi connectivity index (χ4v) is 3.75. The molecule has 22 heavy (non-hydrogen) atoms. The van der Waals surface area contributed by atoms with Crippen molar-refractivity contribution in [1.29, 1.82) is 0 Å². The van der Waals surface area contributed by atoms with Crippen LogP contribution in [0.4, 0.5) is 0 Å². The van der Waals surface area contributed by atoms with Gasteiger partial charge < -0.3 is 10.2 Å². The first-order chi connectivity index (χ1) is 10.8. The number of amides is 1. The van der Waals surface area contributed by atoms with Crippen LogP contribution in [0.25, 0.3) is 0 Å². The monoisotopic (exact) mass is 293 g/mol. The third-order valence-corrected chi connectivity index (χ3v) is 4.98. The summed E-state index contributed by atoms with van der Waals surface area (Å²) in [7, 11) is 0. The smallest absolute Gasteiger partial charge is 0.281 e. The van der Waals surface area contributed by atoms with Gasteiger partial charge in [-0.25, -0.2) is 0 Å². The van der Waals surface area contributed by atoms with Crippen molar-refractivity contribution in [2.75, 3.05) is 6.54 Å². The van der Waals surface area contributed by atoms with Crippen molar-refractivity contribution in [1.82, 2.24) is 4.90 Å². The topological polar surface area (TPSA) is 36.9 Å². The quantitative estimate of drug-likeness (QED) is 0.898. The zero-order valence-electron chi connectivity index (χ0n) is 12.6. The van der Waals surface area contributed by atoms with Crippen LogP contribution >= 0.6 is 0 Å². The van der Waals surface area contributed by atoms with Gasteiger partial charge in [0.25, 0.3) is 5.91 Å². The second-order valence-corrected chi connectivity index (χ2v) is 6.38. The number of carbonyl (C=O) groups excluding carboxylic acids is 1. The number of nitrogens with two attached hydrogens (primary N) is 1. The van der Waals surface area contributed by atoms with E-state index in [0.717, 1.165) is 26.1 Å². The van der Waals surface area contributed by atoms with E-state index in [-0.39, 0.29) is 6.04 Å². The van der Waals surface area contributed by atoms with E-state index < -0.39 is 0 Å². The fourth-order valence-electron chi connectivity index (χ4n) is 3.75. The number of benzene rings is 2. The number of carbonyl (C=O) groups is 1. The number of nitrogens with zero attached hydrogens (tertiary/aromatic N) is 1. The van der Waals surface area contributed by atoms with Crippen molar-refractivity contribution in [3.05, 3.63) is 71.3 Å². The summed E-state index contributed by atoms with van der Waals surface area (Å²) in [5, 5.41) is 2.23. The molecule has 3 nitrogen and oxygen atoms in total. The lowest BCUT2D eigenvalue weighted by atomic mass is 9.96. The number of hydrogen-bond donors (Lipinski definition) is 1. The van der Waals surface area contributed by atoms with Crippen molar-refractivity contribution >= 4 is 5.91 Å². The average Bonchev–Trinajstić information content (AvgIpc) is 3.22. The largest absolute Gasteiger partial charge is 0.335 e. The highest BCUT2D eigenvalue weighted by Gasteiger charge is 2.38. The fraction of sp³-hybridized carbons (Fsp3) is 0.316. The van der Waals surface area contributed by atoms with Gasteiger partial charge in [0, 0.05) is 25.4 Å². The van der Waals surface area contributed by atoms with Crippen LogP contribution in [0.15, 0.2) is 54.6 Å². The number of fused-ring (bicyclic) bond motifs is 1. The Morgan fingerprint density at radius 1 is 0.955 bits per heavy atom. The molecule has 0 unspecified atom stereocenters. The van der Waals surface area contributed by atoms with Crippen LogP contribution in [-0.4, -0.2) is 23.4 Å². The van der Waals surface area contributed by atoms with Gasteiger partial charge in [0.1, 0.15) is 0 Å². The van der Waals surface area contributed by atoms with Gasteiger partial charge in [-0.15, -0.1) is 0 Å². The first kappa shape index (κ1) is 13.5. The predicted molar refractivity (Wildman–Crippen MR) is 85.1 cm³/mol. The van der Waals surface area contributed by atoms with Crippen molar-refractivity contribution < 1.29 is 10.1 Å². The molecule has 3 heteroatoms. The molecular formula is C19H21N2O+. The Hall–Kier alpha value is -2.13. The summed E-state index contributed by atoms with van der Waals surface area (Å²) in [6.45, 7) is 2.56. The maximum Gasteiger partial charge on any atom is 0.281 e. The van der Waals surface area contributed by atoms with Gasteiger partial charge in [0.2, 0.25) is 0 Å². The molecule has 2 aromatic rings. The Bertz CT molecular complexity index is 658. The minimum Gasteiger partial charge on any atom is -0.335 e. The van der Waals surface area contributed by atoms with Crippen molar-refractivity contribution in [2.45, 2.75) is 31.5 Å². The Kier molecular flexibility index (Phi) is 3.43. The van der Waals surface area contributed by atoms with Gasteiger partial charge in [0.05, 0.1) is 6.54 Å². The van der Waals surface area contributed by atoms with Gasteiger partial charge in [-0.2, -0.15) is 0 Å². The number of quaternary nitrogens is 1. The normalized spacial score (nSPS) is 23.5. The van der Waals surface area contributed by atoms with Crippen LogP contribution in [0, 0.1) is 0 Å². The molecule has 1 amide bonds. The summed E-state index contributed by atoms with van der Waals surface area (Å²) in [6, 6.07) is 19.0. The summed E-state index contributed by atoms with van der Waals surface area (Å²) < 4.78 is 0. The van der Waals surface area contributed by atoms with Gasteiger partial charge in [0.15, 0.2) is 6.04 Å². The van der Waals surface area contributed by atoms with E-state index in [1.807, 2.05) is 11.0 Å². The van der Waals surface area contributed by atoms with E-state index in [1.54, 1.807) is 0 Å². The molecule has 0 radical (unpaired) electrons. The zero-order valence-corrected chi connectivity index (χ0v) is 12.6. The molecule has 2 aliphatic rings. The van der Waals surface area contributed by atoms with Crippen LogP contribution < -0.4 is 5.32 Å². The van der Waals surface area contributed by atoms with Gasteiger partial charge in [-0.05, 0) is 16.7 Å². The molecule has 0 spiro atoms. The molecule has 0 saturated carbocycles. The molecule has 0 bridgehead atoms. The zero-order chi connectivity index (χ0) is 14.9. The highest BCUT2D eigenvalue weighted by Crippen LogP contribution is 2.26. The maximum atomic E-state index is 12.8. The highest BCUT2D eigenvalue weighted by atomic mass is 16.2. The molecule has 1 fully saturated rings. The van der Waals surface area contributed by atoms with Crippen molar-refractivity contribution in [2.24, 2.45) is 0 Å². The number of hydrogen-bond acceptors (Lipinski definition) is 1. The Morgan fingerprint density at radius 3 is 2.27 bits per heavy atom. The van der Waals surface area contributed by atoms with E-state index in [0.29, 0.717) is 11.8 Å². The van der Waals surface area contributed by atoms with E-state index in [1.165, 1.54) is 16.7 Å². The van der Waals surface area contributed by atoms with Crippen LogP contribution in [0.5, 0.6) is 0 Å². The molecular weight excluding hydrogens is 272 g/mol. The summed E-state index contributed by atoms with van der Waals surface area (Å²) in [6.07, 6.45) is 0.954. The van der Waals surface area contributed by atoms with Crippen molar-refractivity contribution in [3.63, 3.8) is 0 Å². The lowest BCUT2D eigenvalue weighted by Crippen LogP contribution is -2.89. The van der Waals surface area contributed by atoms with Gasteiger partial charge >= 0.3 is 0 Å².